The Morgan fingerprint density at radius 3 is 2.41 bits per heavy atom. The Morgan fingerprint density at radius 1 is 1.24 bits per heavy atom. The van der Waals surface area contributed by atoms with Gasteiger partial charge in [-0.05, 0) is 18.4 Å². The minimum absolute atomic E-state index is 0.300. The van der Waals surface area contributed by atoms with E-state index in [2.05, 4.69) is 13.8 Å². The van der Waals surface area contributed by atoms with Crippen LogP contribution in [0.25, 0.3) is 0 Å². The Bertz CT molecular complexity index is 407. The Balaban J connectivity index is 2.28. The topological polar surface area (TPSA) is 44.5 Å². The quantitative estimate of drug-likeness (QED) is 0.881. The van der Waals surface area contributed by atoms with Gasteiger partial charge in [0.15, 0.2) is 11.5 Å². The van der Waals surface area contributed by atoms with E-state index in [-0.39, 0.29) is 11.9 Å². The lowest BCUT2D eigenvalue weighted by Gasteiger charge is -2.21. The number of hydrogen-bond acceptors (Lipinski definition) is 3. The molecule has 94 valence electrons. The molecule has 3 nitrogen and oxygen atoms in total. The van der Waals surface area contributed by atoms with Crippen LogP contribution in [0.3, 0.4) is 0 Å². The van der Waals surface area contributed by atoms with Crippen LogP contribution in [0, 0.1) is 11.7 Å². The third-order valence-electron chi connectivity index (χ3n) is 2.79. The van der Waals surface area contributed by atoms with Gasteiger partial charge in [-0.1, -0.05) is 13.8 Å². The highest BCUT2D eigenvalue weighted by Gasteiger charge is 2.19. The van der Waals surface area contributed by atoms with Gasteiger partial charge in [0.2, 0.25) is 0 Å². The molecule has 1 atom stereocenters. The third-order valence-corrected chi connectivity index (χ3v) is 2.79. The van der Waals surface area contributed by atoms with E-state index in [1.54, 1.807) is 6.07 Å². The molecule has 0 amide bonds. The number of nitrogens with two attached hydrogens (primary N) is 1. The molecule has 0 bridgehead atoms. The fourth-order valence-corrected chi connectivity index (χ4v) is 2.00. The van der Waals surface area contributed by atoms with E-state index in [9.17, 15) is 4.39 Å². The zero-order chi connectivity index (χ0) is 12.4. The van der Waals surface area contributed by atoms with Gasteiger partial charge >= 0.3 is 0 Å². The minimum Gasteiger partial charge on any atom is -0.486 e. The maximum Gasteiger partial charge on any atom is 0.164 e. The predicted molar refractivity (Wildman–Crippen MR) is 63.8 cm³/mol. The van der Waals surface area contributed by atoms with Crippen LogP contribution < -0.4 is 15.2 Å². The molecule has 1 aliphatic heterocycles. The zero-order valence-electron chi connectivity index (χ0n) is 10.2. The van der Waals surface area contributed by atoms with E-state index in [0.29, 0.717) is 36.2 Å². The highest BCUT2D eigenvalue weighted by atomic mass is 19.1. The predicted octanol–water partition coefficient (Wildman–Crippen LogP) is 2.64. The lowest BCUT2D eigenvalue weighted by Crippen LogP contribution is -2.18. The standard InChI is InChI=1S/C13H18FNO2/c1-8(2)5-11(15)9-6-12-13(7-10(9)14)17-4-3-16-12/h6-8,11H,3-5,15H2,1-2H3. The molecule has 0 aliphatic carbocycles. The molecule has 0 spiro atoms. The molecule has 1 heterocycles. The maximum atomic E-state index is 13.9. The first kappa shape index (κ1) is 12.2. The first-order valence-electron chi connectivity index (χ1n) is 5.92. The summed E-state index contributed by atoms with van der Waals surface area (Å²) in [5, 5.41) is 0. The number of halogens is 1. The first-order chi connectivity index (χ1) is 8.08. The Hall–Kier alpha value is -1.29. The van der Waals surface area contributed by atoms with Crippen LogP contribution in [0.5, 0.6) is 11.5 Å². The normalized spacial score (nSPS) is 16.1. The highest BCUT2D eigenvalue weighted by molar-refractivity contribution is 5.45. The van der Waals surface area contributed by atoms with Crippen LogP contribution in [-0.4, -0.2) is 13.2 Å². The number of fused-ring (bicyclic) bond motifs is 1. The van der Waals surface area contributed by atoms with Crippen LogP contribution >= 0.6 is 0 Å². The first-order valence-corrected chi connectivity index (χ1v) is 5.92. The molecule has 2 N–H and O–H groups in total. The molecule has 1 aromatic rings. The van der Waals surface area contributed by atoms with Gasteiger partial charge in [0.05, 0.1) is 0 Å². The van der Waals surface area contributed by atoms with Crippen molar-refractivity contribution in [1.82, 2.24) is 0 Å². The van der Waals surface area contributed by atoms with Crippen molar-refractivity contribution in [3.8, 4) is 11.5 Å². The van der Waals surface area contributed by atoms with Crippen molar-refractivity contribution in [2.45, 2.75) is 26.3 Å². The van der Waals surface area contributed by atoms with Crippen LogP contribution in [-0.2, 0) is 0 Å². The molecular formula is C13H18FNO2. The van der Waals surface area contributed by atoms with Gasteiger partial charge < -0.3 is 15.2 Å². The average molecular weight is 239 g/mol. The fraction of sp³-hybridized carbons (Fsp3) is 0.538. The molecule has 0 fully saturated rings. The molecular weight excluding hydrogens is 221 g/mol. The molecule has 0 saturated heterocycles. The number of hydrogen-bond donors (Lipinski definition) is 1. The fourth-order valence-electron chi connectivity index (χ4n) is 2.00. The molecule has 1 aromatic carbocycles. The molecule has 4 heteroatoms. The Morgan fingerprint density at radius 2 is 1.82 bits per heavy atom. The second-order valence-corrected chi connectivity index (χ2v) is 4.75. The molecule has 0 aromatic heterocycles. The van der Waals surface area contributed by atoms with E-state index in [1.165, 1.54) is 6.07 Å². The Labute approximate surface area is 101 Å². The van der Waals surface area contributed by atoms with Crippen molar-refractivity contribution in [3.05, 3.63) is 23.5 Å². The van der Waals surface area contributed by atoms with Crippen LogP contribution in [0.2, 0.25) is 0 Å². The summed E-state index contributed by atoms with van der Waals surface area (Å²) >= 11 is 0. The largest absolute Gasteiger partial charge is 0.486 e. The third kappa shape index (κ3) is 2.69. The second kappa shape index (κ2) is 4.92. The summed E-state index contributed by atoms with van der Waals surface area (Å²) in [6, 6.07) is 2.73. The summed E-state index contributed by atoms with van der Waals surface area (Å²) in [6.45, 7) is 5.09. The van der Waals surface area contributed by atoms with Crippen molar-refractivity contribution in [3.63, 3.8) is 0 Å². The molecule has 0 saturated carbocycles. The van der Waals surface area contributed by atoms with Crippen LogP contribution in [0.1, 0.15) is 31.9 Å². The zero-order valence-corrected chi connectivity index (χ0v) is 10.2. The molecule has 17 heavy (non-hydrogen) atoms. The summed E-state index contributed by atoms with van der Waals surface area (Å²) in [6.07, 6.45) is 0.747. The van der Waals surface area contributed by atoms with Crippen LogP contribution in [0.4, 0.5) is 4.39 Å². The van der Waals surface area contributed by atoms with E-state index in [1.807, 2.05) is 0 Å². The van der Waals surface area contributed by atoms with Gasteiger partial charge in [-0.2, -0.15) is 0 Å². The summed E-state index contributed by atoms with van der Waals surface area (Å²) in [5.41, 5.74) is 6.50. The number of rotatable bonds is 3. The van der Waals surface area contributed by atoms with E-state index in [4.69, 9.17) is 15.2 Å². The van der Waals surface area contributed by atoms with Crippen molar-refractivity contribution in [1.29, 1.82) is 0 Å². The monoisotopic (exact) mass is 239 g/mol. The molecule has 1 unspecified atom stereocenters. The van der Waals surface area contributed by atoms with E-state index < -0.39 is 0 Å². The summed E-state index contributed by atoms with van der Waals surface area (Å²) in [5.74, 6) is 1.17. The van der Waals surface area contributed by atoms with Gasteiger partial charge in [0.1, 0.15) is 19.0 Å². The van der Waals surface area contributed by atoms with Gasteiger partial charge in [-0.3, -0.25) is 0 Å². The van der Waals surface area contributed by atoms with Crippen molar-refractivity contribution in [2.24, 2.45) is 11.7 Å². The summed E-state index contributed by atoms with van der Waals surface area (Å²) in [4.78, 5) is 0. The molecule has 1 aliphatic rings. The SMILES string of the molecule is CC(C)CC(N)c1cc2c(cc1F)OCCO2. The highest BCUT2D eigenvalue weighted by Crippen LogP contribution is 2.35. The van der Waals surface area contributed by atoms with Gasteiger partial charge in [-0.15, -0.1) is 0 Å². The van der Waals surface area contributed by atoms with Crippen molar-refractivity contribution >= 4 is 0 Å². The molecule has 0 radical (unpaired) electrons. The average Bonchev–Trinajstić information content (AvgIpc) is 2.27. The minimum atomic E-state index is -0.317. The van der Waals surface area contributed by atoms with Crippen LogP contribution in [0.15, 0.2) is 12.1 Å². The second-order valence-electron chi connectivity index (χ2n) is 4.75. The van der Waals surface area contributed by atoms with Crippen molar-refractivity contribution < 1.29 is 13.9 Å². The molecule has 2 rings (SSSR count). The number of ether oxygens (including phenoxy) is 2. The van der Waals surface area contributed by atoms with Gasteiger partial charge in [0, 0.05) is 17.7 Å². The lowest BCUT2D eigenvalue weighted by molar-refractivity contribution is 0.170. The van der Waals surface area contributed by atoms with Crippen molar-refractivity contribution in [2.75, 3.05) is 13.2 Å². The lowest BCUT2D eigenvalue weighted by atomic mass is 9.97. The maximum absolute atomic E-state index is 13.9. The van der Waals surface area contributed by atoms with E-state index >= 15 is 0 Å². The van der Waals surface area contributed by atoms with Gasteiger partial charge in [-0.25, -0.2) is 4.39 Å². The number of benzene rings is 1. The summed E-state index contributed by atoms with van der Waals surface area (Å²) in [7, 11) is 0. The van der Waals surface area contributed by atoms with E-state index in [0.717, 1.165) is 6.42 Å². The smallest absolute Gasteiger partial charge is 0.164 e. The Kier molecular flexibility index (Phi) is 3.52. The summed E-state index contributed by atoms with van der Waals surface area (Å²) < 4.78 is 24.6. The van der Waals surface area contributed by atoms with Gasteiger partial charge in [0.25, 0.3) is 0 Å².